The average molecular weight is 541 g/mol. The van der Waals surface area contributed by atoms with E-state index < -0.39 is 29.8 Å². The molecule has 5 rings (SSSR count). The van der Waals surface area contributed by atoms with Crippen molar-refractivity contribution in [2.75, 3.05) is 12.0 Å². The predicted molar refractivity (Wildman–Crippen MR) is 147 cm³/mol. The molecule has 3 aromatic carbocycles. The van der Waals surface area contributed by atoms with Crippen LogP contribution in [-0.2, 0) is 38.7 Å². The Bertz CT molecular complexity index is 1570. The fraction of sp³-hybridized carbons (Fsp3) is 0.200. The van der Waals surface area contributed by atoms with Gasteiger partial charge in [-0.1, -0.05) is 66.7 Å². The second-order valence-corrected chi connectivity index (χ2v) is 9.54. The largest absolute Gasteiger partial charge is 0.481 e. The maximum absolute atomic E-state index is 13.2. The topological polar surface area (TPSA) is 144 Å². The van der Waals surface area contributed by atoms with E-state index in [1.54, 1.807) is 70.2 Å². The molecule has 0 aliphatic carbocycles. The van der Waals surface area contributed by atoms with Crippen LogP contribution in [0.3, 0.4) is 0 Å². The second kappa shape index (κ2) is 11.3. The van der Waals surface area contributed by atoms with Crippen LogP contribution in [0.2, 0.25) is 0 Å². The Morgan fingerprint density at radius 2 is 1.57 bits per heavy atom. The average Bonchev–Trinajstić information content (AvgIpc) is 3.28. The number of benzene rings is 3. The molecule has 1 aliphatic heterocycles. The summed E-state index contributed by atoms with van der Waals surface area (Å²) >= 11 is 0. The summed E-state index contributed by atoms with van der Waals surface area (Å²) in [4.78, 5) is 52.8. The summed E-state index contributed by atoms with van der Waals surface area (Å²) < 4.78 is 6.84. The van der Waals surface area contributed by atoms with Crippen LogP contribution in [-0.4, -0.2) is 51.0 Å². The zero-order valence-corrected chi connectivity index (χ0v) is 21.5. The fourth-order valence-electron chi connectivity index (χ4n) is 5.03. The van der Waals surface area contributed by atoms with Crippen LogP contribution in [0.4, 0.5) is 0 Å². The first-order chi connectivity index (χ1) is 19.3. The molecule has 1 aromatic heterocycles. The molecule has 1 aliphatic rings. The minimum absolute atomic E-state index is 0.151. The van der Waals surface area contributed by atoms with Gasteiger partial charge in [-0.15, -0.1) is 0 Å². The van der Waals surface area contributed by atoms with Gasteiger partial charge in [-0.2, -0.15) is 0 Å². The van der Waals surface area contributed by atoms with E-state index in [0.717, 1.165) is 10.9 Å². The molecule has 0 saturated carbocycles. The summed E-state index contributed by atoms with van der Waals surface area (Å²) in [5.74, 6) is -5.76. The van der Waals surface area contributed by atoms with Crippen molar-refractivity contribution in [2.45, 2.75) is 25.6 Å². The molecule has 0 saturated heterocycles. The van der Waals surface area contributed by atoms with E-state index in [1.807, 2.05) is 24.3 Å². The van der Waals surface area contributed by atoms with E-state index >= 15 is 0 Å². The fourth-order valence-corrected chi connectivity index (χ4v) is 5.03. The molecular formula is C30H28N4O6. The number of nitrogens with two attached hydrogens (primary N) is 1. The Labute approximate surface area is 229 Å². The van der Waals surface area contributed by atoms with Crippen LogP contribution in [0.25, 0.3) is 10.9 Å². The Kier molecular flexibility index (Phi) is 7.50. The first-order valence-electron chi connectivity index (χ1n) is 12.8. The third-order valence-electron chi connectivity index (χ3n) is 7.02. The lowest BCUT2D eigenvalue weighted by molar-refractivity contribution is -0.161. The first kappa shape index (κ1) is 26.5. The van der Waals surface area contributed by atoms with Gasteiger partial charge in [0.05, 0.1) is 17.8 Å². The maximum Gasteiger partial charge on any atom is 0.323 e. The van der Waals surface area contributed by atoms with Crippen molar-refractivity contribution in [1.82, 2.24) is 9.58 Å². The van der Waals surface area contributed by atoms with E-state index in [4.69, 9.17) is 10.5 Å². The number of hydrogen-bond acceptors (Lipinski definition) is 6. The van der Waals surface area contributed by atoms with E-state index in [9.17, 15) is 24.3 Å². The number of para-hydroxylation sites is 1. The molecule has 2 amide bonds. The number of nitrogens with zero attached hydrogens (tertiary/aromatic N) is 2. The van der Waals surface area contributed by atoms with Gasteiger partial charge >= 0.3 is 11.9 Å². The van der Waals surface area contributed by atoms with Crippen LogP contribution in [0.15, 0.2) is 84.9 Å². The highest BCUT2D eigenvalue weighted by Gasteiger charge is 2.41. The first-order valence-corrected chi connectivity index (χ1v) is 12.8. The van der Waals surface area contributed by atoms with E-state index in [0.29, 0.717) is 35.3 Å². The zero-order valence-electron chi connectivity index (χ0n) is 21.5. The number of carboxylic acid groups (broad SMARTS) is 1. The summed E-state index contributed by atoms with van der Waals surface area (Å²) in [6.45, 7) is 0.525. The lowest BCUT2D eigenvalue weighted by Crippen LogP contribution is -2.51. The number of aliphatic carboxylic acids is 1. The minimum Gasteiger partial charge on any atom is -0.481 e. The van der Waals surface area contributed by atoms with Gasteiger partial charge in [-0.05, 0) is 35.7 Å². The van der Waals surface area contributed by atoms with Crippen molar-refractivity contribution in [2.24, 2.45) is 11.7 Å². The van der Waals surface area contributed by atoms with Gasteiger partial charge in [0.15, 0.2) is 5.92 Å². The van der Waals surface area contributed by atoms with Gasteiger partial charge in [-0.25, -0.2) is 0 Å². The highest BCUT2D eigenvalue weighted by molar-refractivity contribution is 6.01. The number of fused-ring (bicyclic) bond motifs is 3. The molecule has 4 N–H and O–H groups in total. The number of esters is 1. The summed E-state index contributed by atoms with van der Waals surface area (Å²) in [5, 5.41) is 10.9. The number of nitrogens with one attached hydrogen (secondary N) is 1. The van der Waals surface area contributed by atoms with Gasteiger partial charge in [-0.3, -0.25) is 23.9 Å². The molecule has 0 bridgehead atoms. The molecule has 2 atom stereocenters. The van der Waals surface area contributed by atoms with Gasteiger partial charge in [0.25, 0.3) is 5.91 Å². The van der Waals surface area contributed by atoms with E-state index in [2.05, 4.69) is 5.43 Å². The van der Waals surface area contributed by atoms with Crippen LogP contribution < -0.4 is 11.2 Å². The highest BCUT2D eigenvalue weighted by Crippen LogP contribution is 2.31. The highest BCUT2D eigenvalue weighted by atomic mass is 16.5. The molecule has 0 radical (unpaired) electrons. The number of carbonyl (C=O) groups excluding carboxylic acids is 3. The van der Waals surface area contributed by atoms with E-state index in [-0.39, 0.29) is 19.1 Å². The number of carbonyl (C=O) groups is 4. The zero-order chi connectivity index (χ0) is 28.2. The number of ether oxygens (including phenoxy) is 1. The third-order valence-corrected chi connectivity index (χ3v) is 7.02. The minimum atomic E-state index is -1.91. The van der Waals surface area contributed by atoms with Crippen LogP contribution in [0.5, 0.6) is 0 Å². The van der Waals surface area contributed by atoms with Gasteiger partial charge in [0, 0.05) is 17.5 Å². The summed E-state index contributed by atoms with van der Waals surface area (Å²) in [6.07, 6.45) is 0.547. The van der Waals surface area contributed by atoms with Gasteiger partial charge < -0.3 is 25.9 Å². The lowest BCUT2D eigenvalue weighted by atomic mass is 10.00. The van der Waals surface area contributed by atoms with Gasteiger partial charge in [0.2, 0.25) is 5.91 Å². The molecule has 2 heterocycles. The molecular weight excluding hydrogens is 512 g/mol. The number of amides is 2. The number of hydrogen-bond donors (Lipinski definition) is 3. The Balaban J connectivity index is 1.47. The number of aromatic nitrogens is 1. The second-order valence-electron chi connectivity index (χ2n) is 9.54. The Morgan fingerprint density at radius 1 is 0.925 bits per heavy atom. The van der Waals surface area contributed by atoms with Crippen molar-refractivity contribution in [1.29, 1.82) is 0 Å². The molecule has 0 fully saturated rings. The van der Waals surface area contributed by atoms with E-state index in [1.165, 1.54) is 0 Å². The molecule has 10 heteroatoms. The van der Waals surface area contributed by atoms with Crippen molar-refractivity contribution < 1.29 is 29.0 Å². The predicted octanol–water partition coefficient (Wildman–Crippen LogP) is 2.68. The molecule has 4 aromatic rings. The monoisotopic (exact) mass is 540 g/mol. The lowest BCUT2D eigenvalue weighted by Gasteiger charge is -2.30. The van der Waals surface area contributed by atoms with Crippen molar-refractivity contribution in [3.8, 4) is 0 Å². The molecule has 10 nitrogen and oxygen atoms in total. The van der Waals surface area contributed by atoms with Crippen LogP contribution in [0.1, 0.15) is 27.2 Å². The molecule has 204 valence electrons. The summed E-state index contributed by atoms with van der Waals surface area (Å²) in [7, 11) is 0. The molecule has 1 unspecified atom stereocenters. The van der Waals surface area contributed by atoms with Crippen LogP contribution >= 0.6 is 0 Å². The number of carboxylic acids is 1. The standard InChI is InChI=1S/C30H28N4O6/c31-27(35)26(25(29(37)38)30(39)40-18-19-9-3-1-4-10-19)32-34-23-14-8-7-13-21(23)22-15-16-33(17-24(22)34)28(36)20-11-5-2-6-12-20/h1-14,25-26,32H,15-18H2,(H2,31,35)(H,37,38)/t25-,26?/m1/s1. The summed E-state index contributed by atoms with van der Waals surface area (Å²) in [6, 6.07) is 23.5. The quantitative estimate of drug-likeness (QED) is 0.219. The normalized spacial score (nSPS) is 14.2. The van der Waals surface area contributed by atoms with Crippen molar-refractivity contribution >= 4 is 34.7 Å². The number of primary amides is 1. The SMILES string of the molecule is NC(=O)C(Nn1c2c(c3ccccc31)CCN(C(=O)c1ccccc1)C2)[C@H](C(=O)O)C(=O)OCc1ccccc1. The maximum atomic E-state index is 13.2. The Morgan fingerprint density at radius 3 is 2.25 bits per heavy atom. The Hall–Kier alpha value is -5.12. The van der Waals surface area contributed by atoms with Crippen molar-refractivity contribution in [3.05, 3.63) is 107 Å². The molecule has 0 spiro atoms. The van der Waals surface area contributed by atoms with Gasteiger partial charge in [0.1, 0.15) is 12.6 Å². The van der Waals surface area contributed by atoms with Crippen molar-refractivity contribution in [3.63, 3.8) is 0 Å². The third kappa shape index (κ3) is 5.24. The smallest absolute Gasteiger partial charge is 0.323 e. The summed E-state index contributed by atoms with van der Waals surface area (Å²) in [5.41, 5.74) is 12.1. The number of rotatable bonds is 9. The van der Waals surface area contributed by atoms with Crippen LogP contribution in [0, 0.1) is 5.92 Å². The molecule has 40 heavy (non-hydrogen) atoms.